The molecule has 1 unspecified atom stereocenters. The van der Waals surface area contributed by atoms with Crippen LogP contribution >= 0.6 is 46.6 Å². The molecule has 0 fully saturated rings. The summed E-state index contributed by atoms with van der Waals surface area (Å²) in [7, 11) is 0. The Morgan fingerprint density at radius 1 is 1.00 bits per heavy atom. The number of rotatable bonds is 11. The standard InChI is InChI=1S/C24H29Cl3N2O2S/c1-4-22(24(31)28-12-16(2)3)29(13-18-7-10-20(26)21(27)11-18)23(30)15-32-14-17-5-8-19(25)9-6-17/h5-11,16,22H,4,12-15H2,1-3H3,(H,28,31). The van der Waals surface area contributed by atoms with Crippen LogP contribution in [-0.4, -0.2) is 35.1 Å². The number of hydrogen-bond donors (Lipinski definition) is 1. The Balaban J connectivity index is 2.14. The fraction of sp³-hybridized carbons (Fsp3) is 0.417. The number of carbonyl (C=O) groups excluding carboxylic acids is 2. The van der Waals surface area contributed by atoms with E-state index in [2.05, 4.69) is 5.32 Å². The van der Waals surface area contributed by atoms with Gasteiger partial charge in [0.05, 0.1) is 15.8 Å². The molecule has 0 aliphatic rings. The number of nitrogens with one attached hydrogen (secondary N) is 1. The molecule has 0 heterocycles. The predicted molar refractivity (Wildman–Crippen MR) is 137 cm³/mol. The third-order valence-electron chi connectivity index (χ3n) is 4.81. The second kappa shape index (κ2) is 13.3. The Labute approximate surface area is 210 Å². The van der Waals surface area contributed by atoms with E-state index in [0.29, 0.717) is 39.7 Å². The smallest absolute Gasteiger partial charge is 0.242 e. The van der Waals surface area contributed by atoms with E-state index in [1.807, 2.05) is 51.1 Å². The Kier molecular flexibility index (Phi) is 11.2. The van der Waals surface area contributed by atoms with Crippen LogP contribution in [0.25, 0.3) is 0 Å². The monoisotopic (exact) mass is 514 g/mol. The van der Waals surface area contributed by atoms with E-state index in [4.69, 9.17) is 34.8 Å². The SMILES string of the molecule is CCC(C(=O)NCC(C)C)N(Cc1ccc(Cl)c(Cl)c1)C(=O)CSCc1ccc(Cl)cc1. The lowest BCUT2D eigenvalue weighted by molar-refractivity contribution is -0.139. The minimum Gasteiger partial charge on any atom is -0.354 e. The van der Waals surface area contributed by atoms with E-state index in [9.17, 15) is 9.59 Å². The first-order chi connectivity index (χ1) is 15.2. The van der Waals surface area contributed by atoms with E-state index in [0.717, 1.165) is 11.1 Å². The lowest BCUT2D eigenvalue weighted by Crippen LogP contribution is -2.50. The summed E-state index contributed by atoms with van der Waals surface area (Å²) in [5, 5.41) is 4.52. The van der Waals surface area contributed by atoms with Gasteiger partial charge in [-0.2, -0.15) is 0 Å². The maximum Gasteiger partial charge on any atom is 0.242 e. The van der Waals surface area contributed by atoms with Gasteiger partial charge < -0.3 is 10.2 Å². The topological polar surface area (TPSA) is 49.4 Å². The number of thioether (sulfide) groups is 1. The summed E-state index contributed by atoms with van der Waals surface area (Å²) in [4.78, 5) is 27.8. The number of amides is 2. The Bertz CT molecular complexity index is 907. The van der Waals surface area contributed by atoms with Crippen LogP contribution in [0, 0.1) is 5.92 Å². The van der Waals surface area contributed by atoms with Crippen molar-refractivity contribution in [3.63, 3.8) is 0 Å². The highest BCUT2D eigenvalue weighted by Gasteiger charge is 2.28. The molecule has 0 saturated carbocycles. The van der Waals surface area contributed by atoms with Gasteiger partial charge in [0.2, 0.25) is 11.8 Å². The fourth-order valence-corrected chi connectivity index (χ4v) is 4.41. The average Bonchev–Trinajstić information content (AvgIpc) is 2.75. The molecule has 2 rings (SSSR count). The van der Waals surface area contributed by atoms with Crippen molar-refractivity contribution in [1.29, 1.82) is 0 Å². The third kappa shape index (κ3) is 8.51. The van der Waals surface area contributed by atoms with Gasteiger partial charge in [0.1, 0.15) is 6.04 Å². The maximum absolute atomic E-state index is 13.2. The molecule has 0 bridgehead atoms. The maximum atomic E-state index is 13.2. The van der Waals surface area contributed by atoms with Gasteiger partial charge in [-0.3, -0.25) is 9.59 Å². The molecule has 2 amide bonds. The van der Waals surface area contributed by atoms with E-state index in [1.165, 1.54) is 11.8 Å². The molecule has 1 N–H and O–H groups in total. The van der Waals surface area contributed by atoms with Gasteiger partial charge in [-0.15, -0.1) is 11.8 Å². The summed E-state index contributed by atoms with van der Waals surface area (Å²) in [6.07, 6.45) is 0.513. The Morgan fingerprint density at radius 2 is 1.66 bits per heavy atom. The molecule has 0 aliphatic heterocycles. The largest absolute Gasteiger partial charge is 0.354 e. The van der Waals surface area contributed by atoms with Crippen molar-refractivity contribution in [3.05, 3.63) is 68.7 Å². The molecule has 0 aliphatic carbocycles. The van der Waals surface area contributed by atoms with Crippen LogP contribution < -0.4 is 5.32 Å². The molecular formula is C24H29Cl3N2O2S. The van der Waals surface area contributed by atoms with E-state index in [-0.39, 0.29) is 24.1 Å². The van der Waals surface area contributed by atoms with Gasteiger partial charge in [-0.05, 0) is 47.7 Å². The van der Waals surface area contributed by atoms with Crippen LogP contribution in [0.1, 0.15) is 38.3 Å². The fourth-order valence-electron chi connectivity index (χ4n) is 3.10. The van der Waals surface area contributed by atoms with Crippen LogP contribution in [0.3, 0.4) is 0 Å². The summed E-state index contributed by atoms with van der Waals surface area (Å²) < 4.78 is 0. The molecule has 0 aromatic heterocycles. The molecule has 2 aromatic rings. The minimum atomic E-state index is -0.563. The molecular weight excluding hydrogens is 487 g/mol. The second-order valence-corrected chi connectivity index (χ2v) is 10.2. The number of nitrogens with zero attached hydrogens (tertiary/aromatic N) is 1. The van der Waals surface area contributed by atoms with Crippen molar-refractivity contribution in [2.45, 2.75) is 45.5 Å². The van der Waals surface area contributed by atoms with Crippen LogP contribution in [0.4, 0.5) is 0 Å². The zero-order chi connectivity index (χ0) is 23.7. The van der Waals surface area contributed by atoms with Crippen molar-refractivity contribution in [2.24, 2.45) is 5.92 Å². The van der Waals surface area contributed by atoms with E-state index in [1.54, 1.807) is 17.0 Å². The average molecular weight is 516 g/mol. The minimum absolute atomic E-state index is 0.0958. The van der Waals surface area contributed by atoms with Gasteiger partial charge in [0, 0.05) is 23.9 Å². The summed E-state index contributed by atoms with van der Waals surface area (Å²) in [6, 6.07) is 12.3. The van der Waals surface area contributed by atoms with Crippen LogP contribution in [0.2, 0.25) is 15.1 Å². The Hall–Kier alpha value is -1.40. The quantitative estimate of drug-likeness (QED) is 0.373. The molecule has 1 atom stereocenters. The van der Waals surface area contributed by atoms with Crippen molar-refractivity contribution in [2.75, 3.05) is 12.3 Å². The van der Waals surface area contributed by atoms with Gasteiger partial charge in [0.25, 0.3) is 0 Å². The number of hydrogen-bond acceptors (Lipinski definition) is 3. The predicted octanol–water partition coefficient (Wildman–Crippen LogP) is 6.46. The van der Waals surface area contributed by atoms with Crippen LogP contribution in [-0.2, 0) is 21.9 Å². The summed E-state index contributed by atoms with van der Waals surface area (Å²) in [5.41, 5.74) is 1.91. The highest BCUT2D eigenvalue weighted by atomic mass is 35.5. The molecule has 2 aromatic carbocycles. The lowest BCUT2D eigenvalue weighted by atomic mass is 10.1. The molecule has 32 heavy (non-hydrogen) atoms. The Morgan fingerprint density at radius 3 is 2.25 bits per heavy atom. The van der Waals surface area contributed by atoms with Crippen LogP contribution in [0.15, 0.2) is 42.5 Å². The third-order valence-corrected chi connectivity index (χ3v) is 6.79. The first kappa shape index (κ1) is 26.8. The number of carbonyl (C=O) groups is 2. The van der Waals surface area contributed by atoms with Crippen molar-refractivity contribution in [3.8, 4) is 0 Å². The first-order valence-electron chi connectivity index (χ1n) is 10.5. The van der Waals surface area contributed by atoms with Gasteiger partial charge in [-0.25, -0.2) is 0 Å². The zero-order valence-corrected chi connectivity index (χ0v) is 21.6. The highest BCUT2D eigenvalue weighted by Crippen LogP contribution is 2.25. The molecule has 174 valence electrons. The summed E-state index contributed by atoms with van der Waals surface area (Å²) >= 11 is 19.7. The van der Waals surface area contributed by atoms with E-state index < -0.39 is 6.04 Å². The first-order valence-corrected chi connectivity index (χ1v) is 12.8. The zero-order valence-electron chi connectivity index (χ0n) is 18.5. The van der Waals surface area contributed by atoms with Gasteiger partial charge in [-0.1, -0.05) is 73.8 Å². The molecule has 0 spiro atoms. The van der Waals surface area contributed by atoms with Gasteiger partial charge >= 0.3 is 0 Å². The number of benzene rings is 2. The van der Waals surface area contributed by atoms with Crippen molar-refractivity contribution < 1.29 is 9.59 Å². The van der Waals surface area contributed by atoms with E-state index >= 15 is 0 Å². The van der Waals surface area contributed by atoms with Crippen molar-refractivity contribution in [1.82, 2.24) is 10.2 Å². The molecule has 0 saturated heterocycles. The van der Waals surface area contributed by atoms with Crippen molar-refractivity contribution >= 4 is 58.4 Å². The summed E-state index contributed by atoms with van der Waals surface area (Å²) in [5.74, 6) is 1.03. The van der Waals surface area contributed by atoms with Gasteiger partial charge in [0.15, 0.2) is 0 Å². The lowest BCUT2D eigenvalue weighted by Gasteiger charge is -2.31. The normalized spacial score (nSPS) is 12.0. The molecule has 0 radical (unpaired) electrons. The van der Waals surface area contributed by atoms with Crippen LogP contribution in [0.5, 0.6) is 0 Å². The molecule has 8 heteroatoms. The highest BCUT2D eigenvalue weighted by molar-refractivity contribution is 7.99. The number of halogens is 3. The second-order valence-electron chi connectivity index (χ2n) is 7.95. The summed E-state index contributed by atoms with van der Waals surface area (Å²) in [6.45, 7) is 6.83. The molecule has 4 nitrogen and oxygen atoms in total.